The zero-order valence-electron chi connectivity index (χ0n) is 14.4. The van der Waals surface area contributed by atoms with Crippen molar-refractivity contribution in [2.75, 3.05) is 11.9 Å². The number of nitrogens with one attached hydrogen (secondary N) is 1. The Bertz CT molecular complexity index is 1090. The highest BCUT2D eigenvalue weighted by atomic mass is 16.6. The highest BCUT2D eigenvalue weighted by molar-refractivity contribution is 5.96. The zero-order valence-corrected chi connectivity index (χ0v) is 14.4. The molecule has 2 aromatic carbocycles. The lowest BCUT2D eigenvalue weighted by Crippen LogP contribution is -2.06. The number of benzene rings is 2. The minimum absolute atomic E-state index is 0.0628. The van der Waals surface area contributed by atoms with Crippen LogP contribution in [0, 0.1) is 10.1 Å². The van der Waals surface area contributed by atoms with Crippen molar-refractivity contribution in [3.8, 4) is 5.69 Å². The SMILES string of the molecule is O=[N+]([O-])c1ccc(NCCc2cnn(-c3ccccc3)c2)c2ncccc12. The van der Waals surface area contributed by atoms with E-state index in [9.17, 15) is 10.1 Å². The maximum absolute atomic E-state index is 11.2. The minimum Gasteiger partial charge on any atom is -0.383 e. The predicted octanol–water partition coefficient (Wildman–Crippen LogP) is 3.98. The van der Waals surface area contributed by atoms with Crippen LogP contribution >= 0.6 is 0 Å². The van der Waals surface area contributed by atoms with Crippen LogP contribution in [0.1, 0.15) is 5.56 Å². The monoisotopic (exact) mass is 359 g/mol. The highest BCUT2D eigenvalue weighted by Gasteiger charge is 2.14. The first kappa shape index (κ1) is 16.7. The number of aromatic nitrogens is 3. The number of anilines is 1. The molecule has 0 fully saturated rings. The van der Waals surface area contributed by atoms with Gasteiger partial charge in [0.25, 0.3) is 5.69 Å². The molecule has 0 bridgehead atoms. The third-order valence-electron chi connectivity index (χ3n) is 4.33. The average Bonchev–Trinajstić information content (AvgIpc) is 3.17. The fourth-order valence-corrected chi connectivity index (χ4v) is 3.01. The Balaban J connectivity index is 1.48. The van der Waals surface area contributed by atoms with Crippen LogP contribution in [0.2, 0.25) is 0 Å². The molecule has 0 saturated carbocycles. The van der Waals surface area contributed by atoms with Crippen LogP contribution in [0.25, 0.3) is 16.6 Å². The van der Waals surface area contributed by atoms with Gasteiger partial charge in [0.05, 0.1) is 27.9 Å². The van der Waals surface area contributed by atoms with Crippen molar-refractivity contribution in [3.05, 3.63) is 88.9 Å². The third kappa shape index (κ3) is 3.48. The van der Waals surface area contributed by atoms with Crippen molar-refractivity contribution in [1.29, 1.82) is 0 Å². The van der Waals surface area contributed by atoms with Crippen molar-refractivity contribution in [2.45, 2.75) is 6.42 Å². The van der Waals surface area contributed by atoms with Gasteiger partial charge in [-0.1, -0.05) is 18.2 Å². The van der Waals surface area contributed by atoms with Crippen molar-refractivity contribution in [1.82, 2.24) is 14.8 Å². The molecule has 4 aromatic rings. The van der Waals surface area contributed by atoms with Gasteiger partial charge in [0.1, 0.15) is 5.52 Å². The first-order chi connectivity index (χ1) is 13.2. The molecule has 0 unspecified atom stereocenters. The fourth-order valence-electron chi connectivity index (χ4n) is 3.01. The Morgan fingerprint density at radius 2 is 1.93 bits per heavy atom. The van der Waals surface area contributed by atoms with Gasteiger partial charge in [-0.25, -0.2) is 4.68 Å². The van der Waals surface area contributed by atoms with Crippen LogP contribution in [-0.2, 0) is 6.42 Å². The summed E-state index contributed by atoms with van der Waals surface area (Å²) in [7, 11) is 0. The van der Waals surface area contributed by atoms with Crippen LogP contribution in [0.4, 0.5) is 11.4 Å². The van der Waals surface area contributed by atoms with E-state index < -0.39 is 0 Å². The molecule has 0 saturated heterocycles. The molecule has 2 heterocycles. The van der Waals surface area contributed by atoms with E-state index in [-0.39, 0.29) is 10.6 Å². The van der Waals surface area contributed by atoms with Crippen molar-refractivity contribution in [2.24, 2.45) is 0 Å². The van der Waals surface area contributed by atoms with E-state index in [2.05, 4.69) is 15.4 Å². The van der Waals surface area contributed by atoms with E-state index in [1.165, 1.54) is 6.07 Å². The number of non-ortho nitro benzene ring substituents is 1. The molecule has 0 spiro atoms. The second-order valence-electron chi connectivity index (χ2n) is 6.09. The molecule has 2 aromatic heterocycles. The Hall–Kier alpha value is -3.74. The molecular weight excluding hydrogens is 342 g/mol. The predicted molar refractivity (Wildman–Crippen MR) is 104 cm³/mol. The third-order valence-corrected chi connectivity index (χ3v) is 4.33. The Morgan fingerprint density at radius 1 is 1.07 bits per heavy atom. The van der Waals surface area contributed by atoms with Gasteiger partial charge < -0.3 is 5.32 Å². The molecule has 0 aliphatic rings. The van der Waals surface area contributed by atoms with E-state index in [1.54, 1.807) is 24.4 Å². The quantitative estimate of drug-likeness (QED) is 0.416. The number of fused-ring (bicyclic) bond motifs is 1. The van der Waals surface area contributed by atoms with E-state index in [1.807, 2.05) is 47.4 Å². The molecule has 0 aliphatic carbocycles. The summed E-state index contributed by atoms with van der Waals surface area (Å²) in [6.45, 7) is 0.671. The summed E-state index contributed by atoms with van der Waals surface area (Å²) in [6, 6.07) is 16.6. The van der Waals surface area contributed by atoms with Crippen LogP contribution in [0.5, 0.6) is 0 Å². The average molecular weight is 359 g/mol. The first-order valence-electron chi connectivity index (χ1n) is 8.57. The number of pyridine rings is 1. The molecule has 0 radical (unpaired) electrons. The normalized spacial score (nSPS) is 10.8. The molecule has 4 rings (SSSR count). The zero-order chi connectivity index (χ0) is 18.6. The lowest BCUT2D eigenvalue weighted by molar-refractivity contribution is -0.383. The number of nitro groups is 1. The van der Waals surface area contributed by atoms with Crippen LogP contribution in [-0.4, -0.2) is 26.2 Å². The molecule has 27 heavy (non-hydrogen) atoms. The standard InChI is InChI=1S/C20H17N5O2/c26-25(27)19-9-8-18(20-17(19)7-4-11-22-20)21-12-10-15-13-23-24(14-15)16-5-2-1-3-6-16/h1-9,11,13-14,21H,10,12H2. The summed E-state index contributed by atoms with van der Waals surface area (Å²) in [5, 5.41) is 19.4. The van der Waals surface area contributed by atoms with Gasteiger partial charge in [0.2, 0.25) is 0 Å². The Labute approximate surface area is 155 Å². The number of nitro benzene ring substituents is 1. The maximum Gasteiger partial charge on any atom is 0.278 e. The highest BCUT2D eigenvalue weighted by Crippen LogP contribution is 2.29. The molecule has 0 amide bonds. The molecule has 7 heteroatoms. The molecule has 134 valence electrons. The summed E-state index contributed by atoms with van der Waals surface area (Å²) < 4.78 is 1.85. The minimum atomic E-state index is -0.383. The Kier molecular flexibility index (Phi) is 4.49. The van der Waals surface area contributed by atoms with Gasteiger partial charge in [-0.3, -0.25) is 15.1 Å². The van der Waals surface area contributed by atoms with Crippen molar-refractivity contribution in [3.63, 3.8) is 0 Å². The van der Waals surface area contributed by atoms with Gasteiger partial charge in [-0.15, -0.1) is 0 Å². The summed E-state index contributed by atoms with van der Waals surface area (Å²) in [4.78, 5) is 15.1. The van der Waals surface area contributed by atoms with Gasteiger partial charge in [0, 0.05) is 25.0 Å². The number of nitrogens with zero attached hydrogens (tertiary/aromatic N) is 4. The van der Waals surface area contributed by atoms with Crippen molar-refractivity contribution >= 4 is 22.3 Å². The largest absolute Gasteiger partial charge is 0.383 e. The van der Waals surface area contributed by atoms with Crippen molar-refractivity contribution < 1.29 is 4.92 Å². The lowest BCUT2D eigenvalue weighted by atomic mass is 10.1. The van der Waals surface area contributed by atoms with Crippen LogP contribution < -0.4 is 5.32 Å². The topological polar surface area (TPSA) is 85.9 Å². The smallest absolute Gasteiger partial charge is 0.278 e. The molecule has 1 N–H and O–H groups in total. The number of hydrogen-bond donors (Lipinski definition) is 1. The van der Waals surface area contributed by atoms with Gasteiger partial charge >= 0.3 is 0 Å². The number of para-hydroxylation sites is 1. The van der Waals surface area contributed by atoms with Crippen LogP contribution in [0.15, 0.2) is 73.2 Å². The second-order valence-corrected chi connectivity index (χ2v) is 6.09. The summed E-state index contributed by atoms with van der Waals surface area (Å²) in [5.41, 5.74) is 3.57. The number of rotatable bonds is 6. The van der Waals surface area contributed by atoms with Gasteiger partial charge in [0.15, 0.2) is 0 Å². The van der Waals surface area contributed by atoms with E-state index in [0.29, 0.717) is 17.4 Å². The maximum atomic E-state index is 11.2. The molecule has 7 nitrogen and oxygen atoms in total. The van der Waals surface area contributed by atoms with Gasteiger partial charge in [-0.2, -0.15) is 5.10 Å². The first-order valence-corrected chi connectivity index (χ1v) is 8.57. The van der Waals surface area contributed by atoms with Crippen LogP contribution in [0.3, 0.4) is 0 Å². The molecule has 0 aliphatic heterocycles. The summed E-state index contributed by atoms with van der Waals surface area (Å²) >= 11 is 0. The van der Waals surface area contributed by atoms with E-state index in [4.69, 9.17) is 0 Å². The molecule has 0 atom stereocenters. The fraction of sp³-hybridized carbons (Fsp3) is 0.100. The van der Waals surface area contributed by atoms with E-state index >= 15 is 0 Å². The summed E-state index contributed by atoms with van der Waals surface area (Å²) in [6.07, 6.45) is 6.27. The summed E-state index contributed by atoms with van der Waals surface area (Å²) in [5.74, 6) is 0. The van der Waals surface area contributed by atoms with E-state index in [0.717, 1.165) is 23.4 Å². The number of hydrogen-bond acceptors (Lipinski definition) is 5. The van der Waals surface area contributed by atoms with Gasteiger partial charge in [-0.05, 0) is 42.3 Å². The Morgan fingerprint density at radius 3 is 2.74 bits per heavy atom. The second kappa shape index (κ2) is 7.25. The lowest BCUT2D eigenvalue weighted by Gasteiger charge is -2.08. The molecular formula is C20H17N5O2.